The molecule has 0 spiro atoms. The first-order valence-corrected chi connectivity index (χ1v) is 9.86. The molecule has 1 aliphatic heterocycles. The molecule has 2 amide bonds. The number of carbonyl (C=O) groups is 2. The van der Waals surface area contributed by atoms with Crippen LogP contribution in [-0.4, -0.2) is 64.1 Å². The molecular formula is C21H29N5O2. The van der Waals surface area contributed by atoms with Crippen LogP contribution in [-0.2, 0) is 16.1 Å². The van der Waals surface area contributed by atoms with Crippen LogP contribution in [0.4, 0.5) is 5.69 Å². The van der Waals surface area contributed by atoms with E-state index in [1.54, 1.807) is 6.20 Å². The van der Waals surface area contributed by atoms with E-state index >= 15 is 0 Å². The molecule has 1 fully saturated rings. The van der Waals surface area contributed by atoms with Crippen molar-refractivity contribution in [3.05, 3.63) is 47.8 Å². The summed E-state index contributed by atoms with van der Waals surface area (Å²) in [4.78, 5) is 28.8. The Kier molecular flexibility index (Phi) is 6.81. The standard InChI is InChI=1S/C21H29N5O2/c1-17-6-3-7-18(2)21(17)23-19(27)16-24-12-14-25(15-13-24)20(28)8-4-10-26-11-5-9-22-26/h3,5-7,9,11H,4,8,10,12-16H2,1-2H3,(H,23,27). The Labute approximate surface area is 166 Å². The van der Waals surface area contributed by atoms with Gasteiger partial charge in [0, 0.05) is 57.2 Å². The zero-order valence-electron chi connectivity index (χ0n) is 16.7. The fourth-order valence-electron chi connectivity index (χ4n) is 3.53. The lowest BCUT2D eigenvalue weighted by molar-refractivity contribution is -0.133. The predicted molar refractivity (Wildman–Crippen MR) is 109 cm³/mol. The average molecular weight is 383 g/mol. The molecule has 28 heavy (non-hydrogen) atoms. The highest BCUT2D eigenvalue weighted by Crippen LogP contribution is 2.19. The van der Waals surface area contributed by atoms with Crippen molar-refractivity contribution in [2.45, 2.75) is 33.2 Å². The fourth-order valence-corrected chi connectivity index (χ4v) is 3.53. The first-order valence-electron chi connectivity index (χ1n) is 9.86. The monoisotopic (exact) mass is 383 g/mol. The molecule has 0 radical (unpaired) electrons. The van der Waals surface area contributed by atoms with Gasteiger partial charge in [0.1, 0.15) is 0 Å². The molecule has 1 aromatic carbocycles. The second kappa shape index (κ2) is 9.50. The van der Waals surface area contributed by atoms with Gasteiger partial charge < -0.3 is 10.2 Å². The van der Waals surface area contributed by atoms with E-state index in [9.17, 15) is 9.59 Å². The summed E-state index contributed by atoms with van der Waals surface area (Å²) < 4.78 is 1.85. The zero-order valence-corrected chi connectivity index (χ0v) is 16.7. The van der Waals surface area contributed by atoms with Gasteiger partial charge in [-0.15, -0.1) is 0 Å². The number of benzene rings is 1. The summed E-state index contributed by atoms with van der Waals surface area (Å²) in [7, 11) is 0. The number of amides is 2. The Morgan fingerprint density at radius 1 is 1.07 bits per heavy atom. The van der Waals surface area contributed by atoms with E-state index in [2.05, 4.69) is 15.3 Å². The highest BCUT2D eigenvalue weighted by Gasteiger charge is 2.22. The van der Waals surface area contributed by atoms with Gasteiger partial charge in [-0.1, -0.05) is 18.2 Å². The number of nitrogens with zero attached hydrogens (tertiary/aromatic N) is 4. The summed E-state index contributed by atoms with van der Waals surface area (Å²) in [5.41, 5.74) is 3.04. The molecule has 7 heteroatoms. The molecule has 150 valence electrons. The number of hydrogen-bond donors (Lipinski definition) is 1. The molecule has 3 rings (SSSR count). The lowest BCUT2D eigenvalue weighted by atomic mass is 10.1. The van der Waals surface area contributed by atoms with E-state index in [4.69, 9.17) is 0 Å². The number of para-hydroxylation sites is 1. The highest BCUT2D eigenvalue weighted by molar-refractivity contribution is 5.93. The second-order valence-corrected chi connectivity index (χ2v) is 7.34. The molecule has 0 aliphatic carbocycles. The van der Waals surface area contributed by atoms with Crippen molar-refractivity contribution in [3.63, 3.8) is 0 Å². The molecule has 7 nitrogen and oxygen atoms in total. The summed E-state index contributed by atoms with van der Waals surface area (Å²) in [6.45, 7) is 7.93. The molecule has 0 saturated carbocycles. The molecular weight excluding hydrogens is 354 g/mol. The normalized spacial score (nSPS) is 14.9. The van der Waals surface area contributed by atoms with Gasteiger partial charge in [0.15, 0.2) is 0 Å². The van der Waals surface area contributed by atoms with Gasteiger partial charge in [-0.25, -0.2) is 0 Å². The minimum Gasteiger partial charge on any atom is -0.340 e. The van der Waals surface area contributed by atoms with Gasteiger partial charge in [-0.2, -0.15) is 5.10 Å². The molecule has 0 bridgehead atoms. The van der Waals surface area contributed by atoms with E-state index in [-0.39, 0.29) is 11.8 Å². The molecule has 0 unspecified atom stereocenters. The van der Waals surface area contributed by atoms with Crippen LogP contribution < -0.4 is 5.32 Å². The Balaban J connectivity index is 1.38. The van der Waals surface area contributed by atoms with Gasteiger partial charge in [0.2, 0.25) is 11.8 Å². The smallest absolute Gasteiger partial charge is 0.238 e. The molecule has 1 N–H and O–H groups in total. The van der Waals surface area contributed by atoms with Crippen molar-refractivity contribution in [1.29, 1.82) is 0 Å². The average Bonchev–Trinajstić information content (AvgIpc) is 3.19. The summed E-state index contributed by atoms with van der Waals surface area (Å²) in [6.07, 6.45) is 4.98. The lowest BCUT2D eigenvalue weighted by Crippen LogP contribution is -2.50. The summed E-state index contributed by atoms with van der Waals surface area (Å²) in [6, 6.07) is 7.88. The summed E-state index contributed by atoms with van der Waals surface area (Å²) in [5.74, 6) is 0.184. The first kappa shape index (κ1) is 20.1. The van der Waals surface area contributed by atoms with Crippen LogP contribution in [0.2, 0.25) is 0 Å². The minimum atomic E-state index is -0.00333. The van der Waals surface area contributed by atoms with Crippen LogP contribution >= 0.6 is 0 Å². The lowest BCUT2D eigenvalue weighted by Gasteiger charge is -2.34. The number of carbonyl (C=O) groups excluding carboxylic acids is 2. The summed E-state index contributed by atoms with van der Waals surface area (Å²) >= 11 is 0. The number of anilines is 1. The van der Waals surface area contributed by atoms with E-state index < -0.39 is 0 Å². The molecule has 0 atom stereocenters. The van der Waals surface area contributed by atoms with Crippen LogP contribution in [0.1, 0.15) is 24.0 Å². The van der Waals surface area contributed by atoms with Crippen molar-refractivity contribution in [2.75, 3.05) is 38.0 Å². The Morgan fingerprint density at radius 2 is 1.79 bits per heavy atom. The van der Waals surface area contributed by atoms with E-state index in [1.807, 2.05) is 53.9 Å². The quantitative estimate of drug-likeness (QED) is 0.795. The van der Waals surface area contributed by atoms with Crippen molar-refractivity contribution in [1.82, 2.24) is 19.6 Å². The van der Waals surface area contributed by atoms with Crippen LogP contribution in [0.3, 0.4) is 0 Å². The molecule has 2 aromatic rings. The number of aromatic nitrogens is 2. The maximum atomic E-state index is 12.4. The molecule has 1 aromatic heterocycles. The Morgan fingerprint density at radius 3 is 2.43 bits per heavy atom. The summed E-state index contributed by atoms with van der Waals surface area (Å²) in [5, 5.41) is 7.18. The van der Waals surface area contributed by atoms with E-state index in [1.165, 1.54) is 0 Å². The Hall–Kier alpha value is -2.67. The maximum absolute atomic E-state index is 12.4. The topological polar surface area (TPSA) is 70.5 Å². The second-order valence-electron chi connectivity index (χ2n) is 7.34. The van der Waals surface area contributed by atoms with Crippen LogP contribution in [0.15, 0.2) is 36.7 Å². The van der Waals surface area contributed by atoms with Gasteiger partial charge in [0.25, 0.3) is 0 Å². The largest absolute Gasteiger partial charge is 0.340 e. The third-order valence-electron chi connectivity index (χ3n) is 5.17. The number of piperazine rings is 1. The number of nitrogens with one attached hydrogen (secondary N) is 1. The SMILES string of the molecule is Cc1cccc(C)c1NC(=O)CN1CCN(C(=O)CCCn2cccn2)CC1. The first-order chi connectivity index (χ1) is 13.5. The van der Waals surface area contributed by atoms with Crippen LogP contribution in [0, 0.1) is 13.8 Å². The van der Waals surface area contributed by atoms with E-state index in [0.29, 0.717) is 26.1 Å². The fraction of sp³-hybridized carbons (Fsp3) is 0.476. The maximum Gasteiger partial charge on any atom is 0.238 e. The van der Waals surface area contributed by atoms with Crippen molar-refractivity contribution in [3.8, 4) is 0 Å². The van der Waals surface area contributed by atoms with Gasteiger partial charge in [-0.3, -0.25) is 19.2 Å². The number of aryl methyl sites for hydroxylation is 3. The van der Waals surface area contributed by atoms with Crippen molar-refractivity contribution in [2.24, 2.45) is 0 Å². The zero-order chi connectivity index (χ0) is 19.9. The van der Waals surface area contributed by atoms with Crippen molar-refractivity contribution < 1.29 is 9.59 Å². The van der Waals surface area contributed by atoms with Gasteiger partial charge >= 0.3 is 0 Å². The molecule has 1 aliphatic rings. The van der Waals surface area contributed by atoms with Crippen molar-refractivity contribution >= 4 is 17.5 Å². The highest BCUT2D eigenvalue weighted by atomic mass is 16.2. The minimum absolute atomic E-state index is 0.00333. The van der Waals surface area contributed by atoms with Gasteiger partial charge in [-0.05, 0) is 37.5 Å². The van der Waals surface area contributed by atoms with Crippen LogP contribution in [0.5, 0.6) is 0 Å². The number of hydrogen-bond acceptors (Lipinski definition) is 4. The predicted octanol–water partition coefficient (Wildman–Crippen LogP) is 2.06. The van der Waals surface area contributed by atoms with Gasteiger partial charge in [0.05, 0.1) is 6.54 Å². The van der Waals surface area contributed by atoms with E-state index in [0.717, 1.165) is 42.9 Å². The third-order valence-corrected chi connectivity index (χ3v) is 5.17. The number of rotatable bonds is 7. The molecule has 1 saturated heterocycles. The molecule has 2 heterocycles. The van der Waals surface area contributed by atoms with Crippen LogP contribution in [0.25, 0.3) is 0 Å². The third kappa shape index (κ3) is 5.42. The Bertz CT molecular complexity index is 775.